The molecule has 0 unspecified atom stereocenters. The first-order valence-corrected chi connectivity index (χ1v) is 8.54. The number of nitro groups is 1. The van der Waals surface area contributed by atoms with E-state index in [4.69, 9.17) is 0 Å². The molecule has 0 aliphatic carbocycles. The zero-order chi connectivity index (χ0) is 18.4. The van der Waals surface area contributed by atoms with Gasteiger partial charge in [0.15, 0.2) is 0 Å². The predicted molar refractivity (Wildman–Crippen MR) is 99.9 cm³/mol. The van der Waals surface area contributed by atoms with E-state index in [0.717, 1.165) is 28.9 Å². The van der Waals surface area contributed by atoms with Gasteiger partial charge >= 0.3 is 5.00 Å². The number of para-hydroxylation sites is 1. The number of aliphatic hydroxyl groups is 1. The van der Waals surface area contributed by atoms with Gasteiger partial charge in [-0.3, -0.25) is 10.1 Å². The maximum Gasteiger partial charge on any atom is 0.345 e. The highest BCUT2D eigenvalue weighted by atomic mass is 32.1. The van der Waals surface area contributed by atoms with E-state index in [9.17, 15) is 15.2 Å². The number of azo groups is 1. The van der Waals surface area contributed by atoms with Gasteiger partial charge in [0.1, 0.15) is 6.20 Å². The molecule has 1 aromatic heterocycles. The molecule has 0 aliphatic rings. The van der Waals surface area contributed by atoms with E-state index in [0.29, 0.717) is 12.2 Å². The Morgan fingerprint density at radius 2 is 1.77 bits per heavy atom. The lowest BCUT2D eigenvalue weighted by atomic mass is 10.2. The quantitative estimate of drug-likeness (QED) is 0.372. The second-order valence-corrected chi connectivity index (χ2v) is 6.15. The number of benzene rings is 2. The Morgan fingerprint density at radius 1 is 1.08 bits per heavy atom. The van der Waals surface area contributed by atoms with Crippen LogP contribution < -0.4 is 4.90 Å². The molecule has 8 nitrogen and oxygen atoms in total. The Bertz CT molecular complexity index is 896. The van der Waals surface area contributed by atoms with Crippen molar-refractivity contribution < 1.29 is 10.0 Å². The summed E-state index contributed by atoms with van der Waals surface area (Å²) in [4.78, 5) is 16.0. The normalized spacial score (nSPS) is 11.0. The van der Waals surface area contributed by atoms with Crippen LogP contribution in [-0.4, -0.2) is 28.2 Å². The molecule has 0 spiro atoms. The lowest BCUT2D eigenvalue weighted by molar-refractivity contribution is -0.380. The zero-order valence-electron chi connectivity index (χ0n) is 13.6. The fraction of sp³-hybridized carbons (Fsp3) is 0.118. The maximum atomic E-state index is 10.6. The van der Waals surface area contributed by atoms with Crippen LogP contribution in [0.25, 0.3) is 0 Å². The van der Waals surface area contributed by atoms with Gasteiger partial charge in [-0.05, 0) is 47.7 Å². The number of hydrogen-bond donors (Lipinski definition) is 1. The molecule has 0 amide bonds. The first-order valence-electron chi connectivity index (χ1n) is 7.73. The Morgan fingerprint density at radius 3 is 2.38 bits per heavy atom. The lowest BCUT2D eigenvalue weighted by Crippen LogP contribution is -2.20. The molecular weight excluding hydrogens is 354 g/mol. The third-order valence-corrected chi connectivity index (χ3v) is 4.30. The van der Waals surface area contributed by atoms with Crippen LogP contribution in [0.3, 0.4) is 0 Å². The SMILES string of the molecule is O=[N+]([O-])c1cnc(N=Nc2ccc(N(CCO)c3ccccc3)cc2)s1. The third-order valence-electron chi connectivity index (χ3n) is 3.47. The van der Waals surface area contributed by atoms with Crippen LogP contribution in [0.4, 0.5) is 27.2 Å². The Labute approximate surface area is 153 Å². The molecule has 3 aromatic rings. The van der Waals surface area contributed by atoms with Gasteiger partial charge in [-0.15, -0.1) is 10.2 Å². The molecule has 0 saturated heterocycles. The van der Waals surface area contributed by atoms with Crippen molar-refractivity contribution in [2.75, 3.05) is 18.1 Å². The number of nitrogens with zero attached hydrogens (tertiary/aromatic N) is 5. The molecule has 26 heavy (non-hydrogen) atoms. The molecule has 132 valence electrons. The average Bonchev–Trinajstić information content (AvgIpc) is 3.15. The van der Waals surface area contributed by atoms with Gasteiger partial charge in [0.2, 0.25) is 5.13 Å². The van der Waals surface area contributed by atoms with Crippen LogP contribution in [0.1, 0.15) is 0 Å². The highest BCUT2D eigenvalue weighted by molar-refractivity contribution is 7.18. The van der Waals surface area contributed by atoms with E-state index < -0.39 is 4.92 Å². The van der Waals surface area contributed by atoms with E-state index in [1.54, 1.807) is 12.1 Å². The fourth-order valence-electron chi connectivity index (χ4n) is 2.30. The zero-order valence-corrected chi connectivity index (χ0v) is 14.4. The minimum absolute atomic E-state index is 0.0270. The summed E-state index contributed by atoms with van der Waals surface area (Å²) in [6, 6.07) is 17.1. The molecule has 0 fully saturated rings. The number of hydrogen-bond acceptors (Lipinski definition) is 8. The van der Waals surface area contributed by atoms with Crippen molar-refractivity contribution in [3.05, 3.63) is 70.9 Å². The van der Waals surface area contributed by atoms with Gasteiger partial charge in [-0.1, -0.05) is 18.2 Å². The summed E-state index contributed by atoms with van der Waals surface area (Å²) in [7, 11) is 0. The topological polar surface area (TPSA) is 104 Å². The lowest BCUT2D eigenvalue weighted by Gasteiger charge is -2.24. The first-order chi connectivity index (χ1) is 12.7. The van der Waals surface area contributed by atoms with Crippen molar-refractivity contribution in [1.29, 1.82) is 0 Å². The molecule has 9 heteroatoms. The monoisotopic (exact) mass is 369 g/mol. The van der Waals surface area contributed by atoms with E-state index >= 15 is 0 Å². The molecule has 1 N–H and O–H groups in total. The second kappa shape index (κ2) is 8.28. The van der Waals surface area contributed by atoms with E-state index in [1.165, 1.54) is 0 Å². The summed E-state index contributed by atoms with van der Waals surface area (Å²) in [6.45, 7) is 0.493. The number of thiazole rings is 1. The molecule has 2 aromatic carbocycles. The van der Waals surface area contributed by atoms with Gasteiger partial charge in [-0.2, -0.15) is 0 Å². The Kier molecular flexibility index (Phi) is 5.62. The van der Waals surface area contributed by atoms with Gasteiger partial charge in [-0.25, -0.2) is 4.98 Å². The second-order valence-electron chi connectivity index (χ2n) is 5.17. The van der Waals surface area contributed by atoms with Crippen LogP contribution in [0.2, 0.25) is 0 Å². The van der Waals surface area contributed by atoms with E-state index in [2.05, 4.69) is 15.2 Å². The fourth-order valence-corrected chi connectivity index (χ4v) is 2.86. The smallest absolute Gasteiger partial charge is 0.345 e. The summed E-state index contributed by atoms with van der Waals surface area (Å²) >= 11 is 0.866. The molecule has 0 atom stereocenters. The molecule has 0 bridgehead atoms. The minimum Gasteiger partial charge on any atom is -0.395 e. The van der Waals surface area contributed by atoms with Crippen molar-refractivity contribution in [2.45, 2.75) is 0 Å². The standard InChI is InChI=1S/C17H15N5O3S/c23-11-10-21(14-4-2-1-3-5-14)15-8-6-13(7-9-15)19-20-17-18-12-16(26-17)22(24)25/h1-9,12,23H,10-11H2. The van der Waals surface area contributed by atoms with E-state index in [1.807, 2.05) is 47.4 Å². The van der Waals surface area contributed by atoms with Crippen LogP contribution in [0, 0.1) is 10.1 Å². The molecule has 0 saturated carbocycles. The van der Waals surface area contributed by atoms with Crippen LogP contribution >= 0.6 is 11.3 Å². The average molecular weight is 369 g/mol. The Hall–Kier alpha value is -3.17. The molecule has 3 rings (SSSR count). The van der Waals surface area contributed by atoms with Gasteiger partial charge in [0.25, 0.3) is 0 Å². The number of anilines is 2. The maximum absolute atomic E-state index is 10.6. The molecule has 0 aliphatic heterocycles. The minimum atomic E-state index is -0.509. The summed E-state index contributed by atoms with van der Waals surface area (Å²) in [5.74, 6) is 0. The number of aliphatic hydroxyl groups excluding tert-OH is 1. The van der Waals surface area contributed by atoms with Crippen molar-refractivity contribution in [2.24, 2.45) is 10.2 Å². The molecule has 1 heterocycles. The van der Waals surface area contributed by atoms with Crippen molar-refractivity contribution in [3.63, 3.8) is 0 Å². The highest BCUT2D eigenvalue weighted by Crippen LogP contribution is 2.30. The summed E-state index contributed by atoms with van der Waals surface area (Å²) in [6.07, 6.45) is 1.16. The van der Waals surface area contributed by atoms with E-state index in [-0.39, 0.29) is 16.7 Å². The van der Waals surface area contributed by atoms with Crippen LogP contribution in [-0.2, 0) is 0 Å². The van der Waals surface area contributed by atoms with Gasteiger partial charge in [0, 0.05) is 17.9 Å². The van der Waals surface area contributed by atoms with Crippen molar-refractivity contribution >= 4 is 38.5 Å². The van der Waals surface area contributed by atoms with Crippen LogP contribution in [0.15, 0.2) is 71.0 Å². The first kappa shape index (κ1) is 17.6. The predicted octanol–water partition coefficient (Wildman–Crippen LogP) is 4.60. The highest BCUT2D eigenvalue weighted by Gasteiger charge is 2.11. The summed E-state index contributed by atoms with van der Waals surface area (Å²) in [5.41, 5.74) is 2.49. The molecule has 0 radical (unpaired) electrons. The summed E-state index contributed by atoms with van der Waals surface area (Å²) in [5, 5.41) is 28.1. The van der Waals surface area contributed by atoms with Gasteiger partial charge in [0.05, 0.1) is 17.2 Å². The Balaban J connectivity index is 1.76. The third kappa shape index (κ3) is 4.26. The van der Waals surface area contributed by atoms with Crippen molar-refractivity contribution in [3.8, 4) is 0 Å². The number of aromatic nitrogens is 1. The number of rotatable bonds is 7. The largest absolute Gasteiger partial charge is 0.395 e. The van der Waals surface area contributed by atoms with Crippen molar-refractivity contribution in [1.82, 2.24) is 4.98 Å². The van der Waals surface area contributed by atoms with Crippen LogP contribution in [0.5, 0.6) is 0 Å². The molecular formula is C17H15N5O3S. The summed E-state index contributed by atoms with van der Waals surface area (Å²) < 4.78 is 0. The van der Waals surface area contributed by atoms with Gasteiger partial charge < -0.3 is 10.0 Å².